The highest BCUT2D eigenvalue weighted by Gasteiger charge is 2.10. The number of rotatable bonds is 3. The van der Waals surface area contributed by atoms with Crippen LogP contribution in [0.5, 0.6) is 5.88 Å². The third kappa shape index (κ3) is 3.07. The smallest absolute Gasteiger partial charge is 0.269 e. The van der Waals surface area contributed by atoms with E-state index in [1.165, 1.54) is 0 Å². The Labute approximate surface area is 86.5 Å². The molecule has 1 heterocycles. The topological polar surface area (TPSA) is 96.6 Å². The molecule has 1 aromatic rings. The van der Waals surface area contributed by atoms with Gasteiger partial charge < -0.3 is 5.11 Å². The summed E-state index contributed by atoms with van der Waals surface area (Å²) in [6, 6.07) is 2.20. The molecule has 0 radical (unpaired) electrons. The molecular formula is C8H11NO5S. The molecule has 0 unspecified atom stereocenters. The first kappa shape index (κ1) is 11.7. The van der Waals surface area contributed by atoms with E-state index in [1.807, 2.05) is 0 Å². The normalized spacial score (nSPS) is 11.6. The number of aromatic nitrogens is 1. The summed E-state index contributed by atoms with van der Waals surface area (Å²) < 4.78 is 30.7. The lowest BCUT2D eigenvalue weighted by molar-refractivity contribution is 0.410. The van der Waals surface area contributed by atoms with Crippen LogP contribution in [0.1, 0.15) is 12.5 Å². The molecule has 0 fully saturated rings. The first-order valence-electron chi connectivity index (χ1n) is 4.21. The Morgan fingerprint density at radius 3 is 2.40 bits per heavy atom. The Morgan fingerprint density at radius 2 is 2.00 bits per heavy atom. The quantitative estimate of drug-likeness (QED) is 0.714. The maximum absolute atomic E-state index is 11.3. The maximum atomic E-state index is 11.3. The zero-order valence-corrected chi connectivity index (χ0v) is 8.86. The van der Waals surface area contributed by atoms with Crippen LogP contribution in [-0.2, 0) is 22.4 Å². The lowest BCUT2D eigenvalue weighted by Gasteiger charge is -2.06. The van der Waals surface area contributed by atoms with E-state index in [0.717, 1.165) is 16.7 Å². The zero-order valence-electron chi connectivity index (χ0n) is 8.04. The van der Waals surface area contributed by atoms with E-state index in [2.05, 4.69) is 0 Å². The van der Waals surface area contributed by atoms with Gasteiger partial charge in [-0.1, -0.05) is 0 Å². The molecule has 0 spiro atoms. The summed E-state index contributed by atoms with van der Waals surface area (Å²) >= 11 is 0. The second-order valence-corrected chi connectivity index (χ2v) is 4.48. The summed E-state index contributed by atoms with van der Waals surface area (Å²) in [5.74, 6) is -0.996. The molecule has 0 aliphatic heterocycles. The summed E-state index contributed by atoms with van der Waals surface area (Å²) in [5.41, 5.74) is -0.444. The average Bonchev–Trinajstić information content (AvgIpc) is 1.99. The summed E-state index contributed by atoms with van der Waals surface area (Å²) in [4.78, 5) is 11.3. The molecule has 0 atom stereocenters. The van der Waals surface area contributed by atoms with E-state index in [-0.39, 0.29) is 18.0 Å². The molecule has 7 heteroatoms. The number of hydrogen-bond donors (Lipinski definition) is 2. The van der Waals surface area contributed by atoms with Crippen LogP contribution in [0.3, 0.4) is 0 Å². The Bertz CT molecular complexity index is 516. The molecule has 0 saturated carbocycles. The van der Waals surface area contributed by atoms with Crippen LogP contribution in [0.25, 0.3) is 0 Å². The molecule has 0 saturated heterocycles. The van der Waals surface area contributed by atoms with Gasteiger partial charge in [-0.2, -0.15) is 8.42 Å². The molecule has 2 N–H and O–H groups in total. The molecule has 0 aliphatic rings. The Morgan fingerprint density at radius 1 is 1.40 bits per heavy atom. The summed E-state index contributed by atoms with van der Waals surface area (Å²) in [5, 5.41) is 9.36. The van der Waals surface area contributed by atoms with Crippen molar-refractivity contribution in [1.82, 2.24) is 4.57 Å². The van der Waals surface area contributed by atoms with Crippen LogP contribution in [-0.4, -0.2) is 22.6 Å². The second kappa shape index (κ2) is 4.03. The monoisotopic (exact) mass is 233 g/mol. The van der Waals surface area contributed by atoms with Crippen molar-refractivity contribution < 1.29 is 18.1 Å². The fourth-order valence-electron chi connectivity index (χ4n) is 1.25. The number of aromatic hydroxyl groups is 1. The van der Waals surface area contributed by atoms with Crippen LogP contribution in [0.15, 0.2) is 16.9 Å². The number of hydrogen-bond acceptors (Lipinski definition) is 4. The van der Waals surface area contributed by atoms with Gasteiger partial charge in [0.05, 0.1) is 0 Å². The molecule has 6 nitrogen and oxygen atoms in total. The zero-order chi connectivity index (χ0) is 11.6. The van der Waals surface area contributed by atoms with Crippen molar-refractivity contribution in [3.05, 3.63) is 28.0 Å². The van der Waals surface area contributed by atoms with Gasteiger partial charge in [0.25, 0.3) is 15.7 Å². The summed E-state index contributed by atoms with van der Waals surface area (Å²) in [6.07, 6.45) is 0. The van der Waals surface area contributed by atoms with Gasteiger partial charge in [0.15, 0.2) is 5.88 Å². The first-order valence-corrected chi connectivity index (χ1v) is 5.82. The highest BCUT2D eigenvalue weighted by molar-refractivity contribution is 7.85. The fourth-order valence-corrected chi connectivity index (χ4v) is 1.83. The molecule has 0 aromatic carbocycles. The Balaban J connectivity index is 3.21. The lowest BCUT2D eigenvalue weighted by atomic mass is 10.3. The minimum Gasteiger partial charge on any atom is -0.494 e. The number of nitrogens with zero attached hydrogens (tertiary/aromatic N) is 1. The van der Waals surface area contributed by atoms with E-state index in [0.29, 0.717) is 0 Å². The standard InChI is InChI=1S/C8H11NO5S/c1-2-9-7(10)3-6(4-8(9)11)5-15(12,13)14/h3-4,10H,2,5H2,1H3,(H,12,13,14). The molecule has 0 amide bonds. The van der Waals surface area contributed by atoms with Gasteiger partial charge in [0.2, 0.25) is 0 Å². The minimum atomic E-state index is -4.19. The molecule has 84 valence electrons. The molecule has 1 aromatic heterocycles. The van der Waals surface area contributed by atoms with Crippen LogP contribution < -0.4 is 5.56 Å². The van der Waals surface area contributed by atoms with Crippen molar-refractivity contribution in [2.45, 2.75) is 19.2 Å². The second-order valence-electron chi connectivity index (χ2n) is 3.03. The summed E-state index contributed by atoms with van der Waals surface area (Å²) in [7, 11) is -4.19. The van der Waals surface area contributed by atoms with Gasteiger partial charge >= 0.3 is 0 Å². The predicted molar refractivity (Wildman–Crippen MR) is 53.3 cm³/mol. The van der Waals surface area contributed by atoms with E-state index >= 15 is 0 Å². The third-order valence-corrected chi connectivity index (χ3v) is 2.53. The van der Waals surface area contributed by atoms with Crippen molar-refractivity contribution in [3.63, 3.8) is 0 Å². The fraction of sp³-hybridized carbons (Fsp3) is 0.375. The van der Waals surface area contributed by atoms with E-state index < -0.39 is 21.4 Å². The molecule has 15 heavy (non-hydrogen) atoms. The van der Waals surface area contributed by atoms with Crippen LogP contribution >= 0.6 is 0 Å². The predicted octanol–water partition coefficient (Wildman–Crippen LogP) is -0.0384. The first-order chi connectivity index (χ1) is 6.83. The van der Waals surface area contributed by atoms with Crippen molar-refractivity contribution in [2.24, 2.45) is 0 Å². The van der Waals surface area contributed by atoms with Crippen LogP contribution in [0, 0.1) is 0 Å². The van der Waals surface area contributed by atoms with Gasteiger partial charge in [-0.25, -0.2) is 0 Å². The molecule has 0 bridgehead atoms. The SMILES string of the molecule is CCn1c(O)cc(CS(=O)(=O)O)cc1=O. The highest BCUT2D eigenvalue weighted by atomic mass is 32.2. The van der Waals surface area contributed by atoms with Gasteiger partial charge in [-0.05, 0) is 12.5 Å². The van der Waals surface area contributed by atoms with E-state index in [4.69, 9.17) is 4.55 Å². The minimum absolute atomic E-state index is 0.0599. The van der Waals surface area contributed by atoms with Gasteiger partial charge in [-0.15, -0.1) is 0 Å². The lowest BCUT2D eigenvalue weighted by Crippen LogP contribution is -2.19. The molecule has 0 aliphatic carbocycles. The van der Waals surface area contributed by atoms with Crippen molar-refractivity contribution in [1.29, 1.82) is 0 Å². The Hall–Kier alpha value is -1.34. The van der Waals surface area contributed by atoms with Crippen molar-refractivity contribution in [3.8, 4) is 5.88 Å². The van der Waals surface area contributed by atoms with Crippen molar-refractivity contribution in [2.75, 3.05) is 0 Å². The molecular weight excluding hydrogens is 222 g/mol. The maximum Gasteiger partial charge on any atom is 0.269 e. The largest absolute Gasteiger partial charge is 0.494 e. The molecule has 1 rings (SSSR count). The van der Waals surface area contributed by atoms with Crippen LogP contribution in [0.2, 0.25) is 0 Å². The van der Waals surface area contributed by atoms with Gasteiger partial charge in [-0.3, -0.25) is 13.9 Å². The third-order valence-electron chi connectivity index (χ3n) is 1.83. The average molecular weight is 233 g/mol. The summed E-state index contributed by atoms with van der Waals surface area (Å²) in [6.45, 7) is 1.96. The van der Waals surface area contributed by atoms with E-state index in [1.54, 1.807) is 6.92 Å². The van der Waals surface area contributed by atoms with Gasteiger partial charge in [0.1, 0.15) is 5.75 Å². The van der Waals surface area contributed by atoms with E-state index in [9.17, 15) is 18.3 Å². The van der Waals surface area contributed by atoms with Crippen LogP contribution in [0.4, 0.5) is 0 Å². The number of pyridine rings is 1. The Kier molecular flexibility index (Phi) is 3.15. The van der Waals surface area contributed by atoms with Gasteiger partial charge in [0, 0.05) is 18.7 Å². The van der Waals surface area contributed by atoms with Crippen molar-refractivity contribution >= 4 is 10.1 Å². The highest BCUT2D eigenvalue weighted by Crippen LogP contribution is 2.10.